The Morgan fingerprint density at radius 3 is 3.09 bits per heavy atom. The van der Waals surface area contributed by atoms with Gasteiger partial charge < -0.3 is 10.1 Å². The lowest BCUT2D eigenvalue weighted by Crippen LogP contribution is -2.47. The largest absolute Gasteiger partial charge is 0.466 e. The number of benzene rings is 1. The molecule has 0 saturated carbocycles. The topological polar surface area (TPSA) is 41.6 Å². The van der Waals surface area contributed by atoms with Crippen molar-refractivity contribution in [1.82, 2.24) is 4.90 Å². The van der Waals surface area contributed by atoms with Gasteiger partial charge in [0, 0.05) is 17.4 Å². The van der Waals surface area contributed by atoms with Crippen molar-refractivity contribution in [2.45, 2.75) is 30.7 Å². The first-order chi connectivity index (χ1) is 10.8. The summed E-state index contributed by atoms with van der Waals surface area (Å²) in [4.78, 5) is 15.0. The third-order valence-electron chi connectivity index (χ3n) is 6.24. The molecule has 0 unspecified atom stereocenters. The van der Waals surface area contributed by atoms with Gasteiger partial charge in [0.15, 0.2) is 0 Å². The standard InChI is InChI=1S/C18H20N2O2/c1-22-17(21)12-10-11-6-8-20-9-7-18(16(11)20)13-4-2-3-5-14(13)19-15(12)18/h2-5,11,16,19H,6-10H2,1H3/t11-,16-,18-/m0/s1. The summed E-state index contributed by atoms with van der Waals surface area (Å²) in [5.41, 5.74) is 4.55. The highest BCUT2D eigenvalue weighted by Gasteiger charge is 2.62. The van der Waals surface area contributed by atoms with Gasteiger partial charge in [0.2, 0.25) is 0 Å². The molecule has 114 valence electrons. The van der Waals surface area contributed by atoms with Gasteiger partial charge in [0.25, 0.3) is 0 Å². The molecule has 1 spiro atoms. The number of anilines is 1. The first-order valence-corrected chi connectivity index (χ1v) is 8.18. The van der Waals surface area contributed by atoms with Gasteiger partial charge in [-0.1, -0.05) is 18.2 Å². The molecule has 3 aliphatic heterocycles. The van der Waals surface area contributed by atoms with Crippen LogP contribution in [0.2, 0.25) is 0 Å². The highest BCUT2D eigenvalue weighted by molar-refractivity contribution is 5.93. The van der Waals surface area contributed by atoms with E-state index < -0.39 is 0 Å². The third kappa shape index (κ3) is 1.30. The predicted molar refractivity (Wildman–Crippen MR) is 83.5 cm³/mol. The Morgan fingerprint density at radius 1 is 1.36 bits per heavy atom. The van der Waals surface area contributed by atoms with Crippen LogP contribution in [0.3, 0.4) is 0 Å². The molecule has 1 aromatic rings. The van der Waals surface area contributed by atoms with Crippen molar-refractivity contribution in [3.63, 3.8) is 0 Å². The van der Waals surface area contributed by atoms with E-state index in [2.05, 4.69) is 34.5 Å². The SMILES string of the molecule is COC(=O)C1=C2Nc3ccccc3[C@@]23CCN2CC[C@@H](C1)[C@H]23. The molecule has 0 amide bonds. The van der Waals surface area contributed by atoms with Gasteiger partial charge in [-0.2, -0.15) is 0 Å². The minimum absolute atomic E-state index is 0.0144. The fourth-order valence-corrected chi connectivity index (χ4v) is 5.52. The minimum atomic E-state index is -0.154. The molecular formula is C18H20N2O2. The number of nitrogens with zero attached hydrogens (tertiary/aromatic N) is 1. The van der Waals surface area contributed by atoms with E-state index in [1.54, 1.807) is 0 Å². The van der Waals surface area contributed by atoms with Gasteiger partial charge in [-0.25, -0.2) is 4.79 Å². The van der Waals surface area contributed by atoms with Gasteiger partial charge in [-0.3, -0.25) is 4.90 Å². The number of methoxy groups -OCH3 is 1. The van der Waals surface area contributed by atoms with Crippen molar-refractivity contribution in [3.05, 3.63) is 41.1 Å². The van der Waals surface area contributed by atoms with Crippen molar-refractivity contribution >= 4 is 11.7 Å². The third-order valence-corrected chi connectivity index (χ3v) is 6.24. The molecule has 0 radical (unpaired) electrons. The fraction of sp³-hybridized carbons (Fsp3) is 0.500. The Kier molecular flexibility index (Phi) is 2.39. The lowest BCUT2D eigenvalue weighted by Gasteiger charge is -2.41. The maximum Gasteiger partial charge on any atom is 0.335 e. The predicted octanol–water partition coefficient (Wildman–Crippen LogP) is 2.27. The normalized spacial score (nSPS) is 35.0. The Hall–Kier alpha value is -1.81. The molecule has 5 rings (SSSR count). The first-order valence-electron chi connectivity index (χ1n) is 8.18. The van der Waals surface area contributed by atoms with Crippen LogP contribution in [-0.2, 0) is 14.9 Å². The summed E-state index contributed by atoms with van der Waals surface area (Å²) in [5, 5.41) is 3.58. The molecule has 22 heavy (non-hydrogen) atoms. The van der Waals surface area contributed by atoms with Crippen molar-refractivity contribution in [3.8, 4) is 0 Å². The summed E-state index contributed by atoms with van der Waals surface area (Å²) in [6, 6.07) is 9.12. The smallest absolute Gasteiger partial charge is 0.335 e. The van der Waals surface area contributed by atoms with Crippen LogP contribution >= 0.6 is 0 Å². The summed E-state index contributed by atoms with van der Waals surface area (Å²) in [5.74, 6) is 0.423. The average molecular weight is 296 g/mol. The second-order valence-electron chi connectivity index (χ2n) is 6.97. The zero-order chi connectivity index (χ0) is 14.9. The van der Waals surface area contributed by atoms with E-state index in [1.165, 1.54) is 31.3 Å². The summed E-state index contributed by atoms with van der Waals surface area (Å²) >= 11 is 0. The Labute approximate surface area is 130 Å². The molecule has 3 heterocycles. The highest BCUT2D eigenvalue weighted by Crippen LogP contribution is 2.61. The molecule has 1 aromatic carbocycles. The van der Waals surface area contributed by atoms with Crippen molar-refractivity contribution in [2.75, 3.05) is 25.5 Å². The summed E-state index contributed by atoms with van der Waals surface area (Å²) < 4.78 is 5.10. The number of ether oxygens (including phenoxy) is 1. The number of rotatable bonds is 1. The van der Waals surface area contributed by atoms with Crippen LogP contribution < -0.4 is 5.32 Å². The quantitative estimate of drug-likeness (QED) is 0.807. The molecule has 1 aliphatic carbocycles. The summed E-state index contributed by atoms with van der Waals surface area (Å²) in [6.07, 6.45) is 3.16. The lowest BCUT2D eigenvalue weighted by atomic mass is 9.64. The summed E-state index contributed by atoms with van der Waals surface area (Å²) in [6.45, 7) is 2.30. The van der Waals surface area contributed by atoms with E-state index in [1.807, 2.05) is 0 Å². The number of fused-ring (bicyclic) bond motifs is 1. The van der Waals surface area contributed by atoms with Crippen molar-refractivity contribution < 1.29 is 9.53 Å². The van der Waals surface area contributed by atoms with E-state index >= 15 is 0 Å². The molecule has 4 heteroatoms. The zero-order valence-electron chi connectivity index (χ0n) is 12.8. The number of nitrogens with one attached hydrogen (secondary N) is 1. The maximum atomic E-state index is 12.4. The van der Waals surface area contributed by atoms with E-state index in [9.17, 15) is 4.79 Å². The van der Waals surface area contributed by atoms with Gasteiger partial charge in [0.05, 0.1) is 18.1 Å². The lowest BCUT2D eigenvalue weighted by molar-refractivity contribution is -0.136. The monoisotopic (exact) mass is 296 g/mol. The molecule has 3 atom stereocenters. The molecule has 4 nitrogen and oxygen atoms in total. The molecule has 0 aromatic heterocycles. The molecule has 2 saturated heterocycles. The van der Waals surface area contributed by atoms with Crippen LogP contribution in [0.25, 0.3) is 0 Å². The van der Waals surface area contributed by atoms with Gasteiger partial charge in [-0.15, -0.1) is 0 Å². The van der Waals surface area contributed by atoms with Gasteiger partial charge >= 0.3 is 5.97 Å². The van der Waals surface area contributed by atoms with Crippen LogP contribution in [0.4, 0.5) is 5.69 Å². The van der Waals surface area contributed by atoms with Crippen LogP contribution in [0.5, 0.6) is 0 Å². The van der Waals surface area contributed by atoms with Crippen molar-refractivity contribution in [1.29, 1.82) is 0 Å². The first kappa shape index (κ1) is 12.7. The van der Waals surface area contributed by atoms with E-state index in [0.717, 1.165) is 30.7 Å². The van der Waals surface area contributed by atoms with Crippen LogP contribution in [0.15, 0.2) is 35.5 Å². The Balaban J connectivity index is 1.79. The highest BCUT2D eigenvalue weighted by atomic mass is 16.5. The number of hydrogen-bond acceptors (Lipinski definition) is 4. The van der Waals surface area contributed by atoms with Crippen LogP contribution in [0, 0.1) is 5.92 Å². The van der Waals surface area contributed by atoms with Crippen LogP contribution in [-0.4, -0.2) is 37.1 Å². The van der Waals surface area contributed by atoms with Gasteiger partial charge in [0.1, 0.15) is 0 Å². The van der Waals surface area contributed by atoms with E-state index in [-0.39, 0.29) is 11.4 Å². The van der Waals surface area contributed by atoms with E-state index in [0.29, 0.717) is 12.0 Å². The maximum absolute atomic E-state index is 12.4. The number of carbonyl (C=O) groups is 1. The fourth-order valence-electron chi connectivity index (χ4n) is 5.52. The average Bonchev–Trinajstić information content (AvgIpc) is 3.22. The van der Waals surface area contributed by atoms with Crippen molar-refractivity contribution in [2.24, 2.45) is 5.92 Å². The molecule has 0 bridgehead atoms. The number of esters is 1. The van der Waals surface area contributed by atoms with E-state index in [4.69, 9.17) is 4.74 Å². The number of para-hydroxylation sites is 1. The molecule has 1 N–H and O–H groups in total. The molecule has 2 fully saturated rings. The minimum Gasteiger partial charge on any atom is -0.466 e. The van der Waals surface area contributed by atoms with Gasteiger partial charge in [-0.05, 0) is 49.9 Å². The second-order valence-corrected chi connectivity index (χ2v) is 6.97. The summed E-state index contributed by atoms with van der Waals surface area (Å²) in [7, 11) is 1.49. The molecular weight excluding hydrogens is 276 g/mol. The molecule has 4 aliphatic rings. The van der Waals surface area contributed by atoms with Crippen LogP contribution in [0.1, 0.15) is 24.8 Å². The number of hydrogen-bond donors (Lipinski definition) is 1. The second kappa shape index (κ2) is 4.13. The Bertz CT molecular complexity index is 711. The Morgan fingerprint density at radius 2 is 2.23 bits per heavy atom. The number of carbonyl (C=O) groups excluding carboxylic acids is 1. The zero-order valence-corrected chi connectivity index (χ0v) is 12.8.